The number of rotatable bonds is 6. The van der Waals surface area contributed by atoms with Crippen molar-refractivity contribution in [1.82, 2.24) is 9.88 Å². The van der Waals surface area contributed by atoms with Gasteiger partial charge in [0.25, 0.3) is 5.91 Å². The van der Waals surface area contributed by atoms with Crippen LogP contribution in [-0.4, -0.2) is 59.0 Å². The van der Waals surface area contributed by atoms with Crippen LogP contribution in [0.25, 0.3) is 10.9 Å². The molecule has 1 fully saturated rings. The number of alkyl halides is 6. The highest BCUT2D eigenvalue weighted by molar-refractivity contribution is 6.03. The van der Waals surface area contributed by atoms with Crippen LogP contribution in [0.2, 0.25) is 0 Å². The fraction of sp³-hybridized carbons (Fsp3) is 0.324. The summed E-state index contributed by atoms with van der Waals surface area (Å²) in [6.45, 7) is 4.29. The Hall–Kier alpha value is -4.88. The number of ether oxygens (including phenoxy) is 1. The van der Waals surface area contributed by atoms with Gasteiger partial charge in [-0.15, -0.1) is 13.2 Å². The number of pyridine rings is 1. The van der Waals surface area contributed by atoms with Gasteiger partial charge in [0, 0.05) is 55.4 Å². The summed E-state index contributed by atoms with van der Waals surface area (Å²) in [5.74, 6) is -4.18. The molecule has 2 aliphatic rings. The summed E-state index contributed by atoms with van der Waals surface area (Å²) in [4.78, 5) is 31.2. The average molecular weight is 678 g/mol. The van der Waals surface area contributed by atoms with Crippen LogP contribution >= 0.6 is 0 Å². The number of piperidine rings is 1. The van der Waals surface area contributed by atoms with E-state index < -0.39 is 30.1 Å². The summed E-state index contributed by atoms with van der Waals surface area (Å²) < 4.78 is 88.0. The third kappa shape index (κ3) is 7.97. The highest BCUT2D eigenvalue weighted by Crippen LogP contribution is 2.40. The topological polar surface area (TPSA) is 83.0 Å². The van der Waals surface area contributed by atoms with Gasteiger partial charge < -0.3 is 19.6 Å². The number of carbonyl (C=O) groups is 2. The lowest BCUT2D eigenvalue weighted by atomic mass is 9.81. The fourth-order valence-electron chi connectivity index (χ4n) is 6.17. The first kappa shape index (κ1) is 34.5. The third-order valence-corrected chi connectivity index (χ3v) is 8.38. The van der Waals surface area contributed by atoms with Crippen LogP contribution in [0.1, 0.15) is 46.4 Å². The van der Waals surface area contributed by atoms with Crippen molar-refractivity contribution in [3.05, 3.63) is 101 Å². The lowest BCUT2D eigenvalue weighted by Gasteiger charge is -2.39. The number of carbonyl (C=O) groups excluding carboxylic acids is 1. The number of carboxylic acids is 1. The molecule has 1 saturated heterocycles. The molecule has 1 N–H and O–H groups in total. The molecule has 0 spiro atoms. The molecule has 3 aromatic carbocycles. The minimum atomic E-state index is -5.08. The van der Waals surface area contributed by atoms with Crippen molar-refractivity contribution < 1.29 is 50.2 Å². The summed E-state index contributed by atoms with van der Waals surface area (Å²) in [5.41, 5.74) is 4.83. The van der Waals surface area contributed by atoms with Gasteiger partial charge in [0.15, 0.2) is 0 Å². The molecule has 48 heavy (non-hydrogen) atoms. The number of carboxylic acid groups (broad SMARTS) is 1. The smallest absolute Gasteiger partial charge is 0.475 e. The molecule has 14 heteroatoms. The maximum absolute atomic E-state index is 14.8. The first-order valence-corrected chi connectivity index (χ1v) is 15.0. The van der Waals surface area contributed by atoms with Crippen LogP contribution in [0, 0.1) is 11.7 Å². The molecule has 254 valence electrons. The molecular formula is C34H30F7N3O4. The predicted octanol–water partition coefficient (Wildman–Crippen LogP) is 7.73. The molecular weight excluding hydrogens is 647 g/mol. The Bertz CT molecular complexity index is 1810. The standard InChI is InChI=1S/C32H29F4N3O2.C2HF3O2/c1-20-18-38(16-14-25(20)26-12-11-24(17-27(26)33)41-32(34,35)36)29-8-4-6-22-19-39(31(40)30(22)29)15-13-23-10-9-21-5-2-3-7-28(21)37-23;3-2(4,5)1(6)7/h2-12,17,20,25H,13-16,18-19H2,1H3;(H,6,7)/t20-,25+;/m1./s1. The minimum absolute atomic E-state index is 0.00235. The lowest BCUT2D eigenvalue weighted by molar-refractivity contribution is -0.274. The Balaban J connectivity index is 0.000000582. The highest BCUT2D eigenvalue weighted by Gasteiger charge is 2.38. The van der Waals surface area contributed by atoms with E-state index in [1.165, 1.54) is 6.07 Å². The predicted molar refractivity (Wildman–Crippen MR) is 162 cm³/mol. The summed E-state index contributed by atoms with van der Waals surface area (Å²) in [5, 5.41) is 8.21. The van der Waals surface area contributed by atoms with Gasteiger partial charge >= 0.3 is 18.5 Å². The third-order valence-electron chi connectivity index (χ3n) is 8.38. The van der Waals surface area contributed by atoms with E-state index in [-0.39, 0.29) is 17.7 Å². The zero-order chi connectivity index (χ0) is 34.8. The van der Waals surface area contributed by atoms with Gasteiger partial charge in [-0.1, -0.05) is 49.4 Å². The Morgan fingerprint density at radius 3 is 2.40 bits per heavy atom. The molecule has 1 aromatic heterocycles. The van der Waals surface area contributed by atoms with Gasteiger partial charge in [-0.05, 0) is 53.6 Å². The number of hydrogen-bond acceptors (Lipinski definition) is 5. The molecule has 2 atom stereocenters. The average Bonchev–Trinajstić information content (AvgIpc) is 3.34. The van der Waals surface area contributed by atoms with E-state index in [1.807, 2.05) is 60.4 Å². The minimum Gasteiger partial charge on any atom is -0.475 e. The van der Waals surface area contributed by atoms with E-state index in [2.05, 4.69) is 15.7 Å². The molecule has 2 aliphatic heterocycles. The number of anilines is 1. The molecule has 7 nitrogen and oxygen atoms in total. The first-order valence-electron chi connectivity index (χ1n) is 15.0. The van der Waals surface area contributed by atoms with Gasteiger partial charge in [-0.25, -0.2) is 9.18 Å². The monoisotopic (exact) mass is 677 g/mol. The van der Waals surface area contributed by atoms with Gasteiger partial charge in [0.05, 0.1) is 11.1 Å². The second-order valence-electron chi connectivity index (χ2n) is 11.6. The number of benzene rings is 3. The van der Waals surface area contributed by atoms with E-state index in [9.17, 15) is 35.5 Å². The van der Waals surface area contributed by atoms with Crippen molar-refractivity contribution in [3.63, 3.8) is 0 Å². The van der Waals surface area contributed by atoms with Gasteiger partial charge in [-0.2, -0.15) is 13.2 Å². The summed E-state index contributed by atoms with van der Waals surface area (Å²) in [6.07, 6.45) is -8.70. The number of hydrogen-bond donors (Lipinski definition) is 1. The Morgan fingerprint density at radius 1 is 1.00 bits per heavy atom. The maximum atomic E-state index is 14.8. The molecule has 0 aliphatic carbocycles. The number of fused-ring (bicyclic) bond motifs is 2. The second-order valence-corrected chi connectivity index (χ2v) is 11.6. The van der Waals surface area contributed by atoms with Crippen molar-refractivity contribution in [2.45, 2.75) is 44.8 Å². The van der Waals surface area contributed by atoms with E-state index >= 15 is 0 Å². The van der Waals surface area contributed by atoms with Crippen LogP contribution in [0.5, 0.6) is 5.75 Å². The Morgan fingerprint density at radius 2 is 1.73 bits per heavy atom. The molecule has 0 saturated carbocycles. The SMILES string of the molecule is C[C@@H]1CN(c2cccc3c2C(=O)N(CCc2ccc4ccccc4n2)C3)CC[C@@H]1c1ccc(OC(F)(F)F)cc1F.O=C(O)C(F)(F)F. The largest absolute Gasteiger partial charge is 0.573 e. The number of nitrogens with zero attached hydrogens (tertiary/aromatic N) is 3. The molecule has 0 radical (unpaired) electrons. The molecule has 0 unspecified atom stereocenters. The van der Waals surface area contributed by atoms with Crippen LogP contribution < -0.4 is 9.64 Å². The van der Waals surface area contributed by atoms with E-state index in [0.29, 0.717) is 50.1 Å². The van der Waals surface area contributed by atoms with E-state index in [1.54, 1.807) is 0 Å². The summed E-state index contributed by atoms with van der Waals surface area (Å²) >= 11 is 0. The Kier molecular flexibility index (Phi) is 9.83. The fourth-order valence-corrected chi connectivity index (χ4v) is 6.17. The van der Waals surface area contributed by atoms with Gasteiger partial charge in [-0.3, -0.25) is 9.78 Å². The van der Waals surface area contributed by atoms with E-state index in [4.69, 9.17) is 14.9 Å². The number of para-hydroxylation sites is 1. The van der Waals surface area contributed by atoms with Crippen molar-refractivity contribution in [2.24, 2.45) is 5.92 Å². The van der Waals surface area contributed by atoms with Crippen LogP contribution in [0.15, 0.2) is 72.8 Å². The Labute approximate surface area is 270 Å². The molecule has 4 aromatic rings. The molecule has 6 rings (SSSR count). The normalized spacial score (nSPS) is 18.0. The van der Waals surface area contributed by atoms with Crippen molar-refractivity contribution in [2.75, 3.05) is 24.5 Å². The van der Waals surface area contributed by atoms with Crippen LogP contribution in [-0.2, 0) is 17.8 Å². The number of halogens is 7. The number of amides is 1. The van der Waals surface area contributed by atoms with Crippen LogP contribution in [0.3, 0.4) is 0 Å². The van der Waals surface area contributed by atoms with Gasteiger partial charge in [0.2, 0.25) is 0 Å². The lowest BCUT2D eigenvalue weighted by Crippen LogP contribution is -2.39. The first-order chi connectivity index (χ1) is 22.6. The number of aliphatic carboxylic acids is 1. The molecule has 0 bridgehead atoms. The van der Waals surface area contributed by atoms with Crippen LogP contribution in [0.4, 0.5) is 36.4 Å². The molecule has 1 amide bonds. The van der Waals surface area contributed by atoms with Crippen molar-refractivity contribution in [3.8, 4) is 5.75 Å². The summed E-state index contributed by atoms with van der Waals surface area (Å²) in [6, 6.07) is 21.3. The van der Waals surface area contributed by atoms with E-state index in [0.717, 1.165) is 40.0 Å². The van der Waals surface area contributed by atoms with Gasteiger partial charge in [0.1, 0.15) is 11.6 Å². The summed E-state index contributed by atoms with van der Waals surface area (Å²) in [7, 11) is 0. The second kappa shape index (κ2) is 13.7. The highest BCUT2D eigenvalue weighted by atomic mass is 19.4. The maximum Gasteiger partial charge on any atom is 0.573 e. The molecule has 3 heterocycles. The zero-order valence-corrected chi connectivity index (χ0v) is 25.5. The van der Waals surface area contributed by atoms with Crippen molar-refractivity contribution in [1.29, 1.82) is 0 Å². The zero-order valence-electron chi connectivity index (χ0n) is 25.5. The quantitative estimate of drug-likeness (QED) is 0.211. The van der Waals surface area contributed by atoms with Crippen molar-refractivity contribution >= 4 is 28.5 Å². The number of aromatic nitrogens is 1.